The van der Waals surface area contributed by atoms with E-state index >= 15 is 0 Å². The van der Waals surface area contributed by atoms with Crippen LogP contribution in [0.1, 0.15) is 48.4 Å². The second-order valence-electron chi connectivity index (χ2n) is 8.71. The number of carbonyl (C=O) groups is 1. The molecule has 2 saturated heterocycles. The van der Waals surface area contributed by atoms with Crippen molar-refractivity contribution in [1.29, 1.82) is 0 Å². The van der Waals surface area contributed by atoms with E-state index in [0.717, 1.165) is 47.0 Å². The molecule has 0 aliphatic carbocycles. The quantitative estimate of drug-likeness (QED) is 0.607. The van der Waals surface area contributed by atoms with Crippen molar-refractivity contribution >= 4 is 16.8 Å². The molecular formula is C25H24F3N3O. The fourth-order valence-electron chi connectivity index (χ4n) is 5.15. The van der Waals surface area contributed by atoms with Crippen LogP contribution >= 0.6 is 0 Å². The van der Waals surface area contributed by atoms with Gasteiger partial charge in [0, 0.05) is 42.7 Å². The van der Waals surface area contributed by atoms with Crippen molar-refractivity contribution in [3.63, 3.8) is 0 Å². The lowest BCUT2D eigenvalue weighted by atomic mass is 10.0. The minimum absolute atomic E-state index is 0.000541. The van der Waals surface area contributed by atoms with Gasteiger partial charge in [0.25, 0.3) is 0 Å². The summed E-state index contributed by atoms with van der Waals surface area (Å²) in [5.74, 6) is 0.0577. The Hall–Kier alpha value is -2.93. The van der Waals surface area contributed by atoms with Crippen LogP contribution in [0.5, 0.6) is 0 Å². The van der Waals surface area contributed by atoms with E-state index in [-0.39, 0.29) is 24.0 Å². The Balaban J connectivity index is 1.48. The van der Waals surface area contributed by atoms with Gasteiger partial charge in [-0.1, -0.05) is 24.3 Å². The lowest BCUT2D eigenvalue weighted by molar-refractivity contribution is -0.137. The summed E-state index contributed by atoms with van der Waals surface area (Å²) < 4.78 is 39.2. The van der Waals surface area contributed by atoms with Gasteiger partial charge in [-0.2, -0.15) is 13.2 Å². The maximum Gasteiger partial charge on any atom is 0.416 e. The molecule has 3 heterocycles. The highest BCUT2D eigenvalue weighted by Gasteiger charge is 2.43. The SMILES string of the molecule is O=C1CCC[C@@H]2[C@H](C[C@H](c3ccc(C(F)(F)F)cc3)N2Cc2ccc3ncccc3c2)N1. The molecule has 3 aromatic rings. The average Bonchev–Trinajstić information content (AvgIpc) is 2.98. The van der Waals surface area contributed by atoms with Crippen molar-refractivity contribution in [2.75, 3.05) is 0 Å². The first kappa shape index (κ1) is 20.9. The summed E-state index contributed by atoms with van der Waals surface area (Å²) in [5.41, 5.74) is 2.26. The molecule has 0 spiro atoms. The van der Waals surface area contributed by atoms with Gasteiger partial charge in [-0.25, -0.2) is 0 Å². The van der Waals surface area contributed by atoms with Crippen molar-refractivity contribution in [3.05, 3.63) is 77.5 Å². The Kier molecular flexibility index (Phi) is 5.37. The summed E-state index contributed by atoms with van der Waals surface area (Å²) >= 11 is 0. The largest absolute Gasteiger partial charge is 0.416 e. The summed E-state index contributed by atoms with van der Waals surface area (Å²) in [4.78, 5) is 18.9. The number of rotatable bonds is 3. The van der Waals surface area contributed by atoms with Gasteiger partial charge >= 0.3 is 6.18 Å². The molecule has 2 aromatic carbocycles. The first-order chi connectivity index (χ1) is 15.4. The van der Waals surface area contributed by atoms with E-state index < -0.39 is 11.7 Å². The van der Waals surface area contributed by atoms with E-state index in [1.165, 1.54) is 0 Å². The zero-order chi connectivity index (χ0) is 22.3. The third-order valence-corrected chi connectivity index (χ3v) is 6.67. The zero-order valence-corrected chi connectivity index (χ0v) is 17.5. The van der Waals surface area contributed by atoms with E-state index in [9.17, 15) is 18.0 Å². The normalized spacial score (nSPS) is 24.2. The number of halogens is 3. The van der Waals surface area contributed by atoms with Crippen LogP contribution in [-0.4, -0.2) is 27.9 Å². The topological polar surface area (TPSA) is 45.2 Å². The van der Waals surface area contributed by atoms with Gasteiger partial charge in [-0.05, 0) is 60.7 Å². The molecule has 4 nitrogen and oxygen atoms in total. The predicted octanol–water partition coefficient (Wildman–Crippen LogP) is 5.24. The molecule has 0 radical (unpaired) electrons. The smallest absolute Gasteiger partial charge is 0.352 e. The van der Waals surface area contributed by atoms with Crippen molar-refractivity contribution in [1.82, 2.24) is 15.2 Å². The number of likely N-dealkylation sites (tertiary alicyclic amines) is 1. The van der Waals surface area contributed by atoms with E-state index in [1.807, 2.05) is 18.2 Å². The molecule has 166 valence electrons. The number of nitrogens with zero attached hydrogens (tertiary/aromatic N) is 2. The Morgan fingerprint density at radius 1 is 1.09 bits per heavy atom. The van der Waals surface area contributed by atoms with Crippen LogP contribution in [0.15, 0.2) is 60.8 Å². The van der Waals surface area contributed by atoms with Gasteiger partial charge in [-0.15, -0.1) is 0 Å². The van der Waals surface area contributed by atoms with E-state index in [1.54, 1.807) is 18.3 Å². The van der Waals surface area contributed by atoms with Crippen molar-refractivity contribution in [3.8, 4) is 0 Å². The predicted molar refractivity (Wildman–Crippen MR) is 116 cm³/mol. The molecule has 5 rings (SSSR count). The standard InChI is InChI=1S/C25H24F3N3O/c26-25(27,28)19-9-7-17(8-10-19)23-14-21-22(4-1-5-24(32)30-21)31(23)15-16-6-11-20-18(13-16)3-2-12-29-20/h2-3,6-13,21-23H,1,4-5,14-15H2,(H,30,32)/t21-,22+,23+/m0/s1. The van der Waals surface area contributed by atoms with Crippen LogP contribution in [0.25, 0.3) is 10.9 Å². The highest BCUT2D eigenvalue weighted by atomic mass is 19.4. The van der Waals surface area contributed by atoms with E-state index in [4.69, 9.17) is 0 Å². The van der Waals surface area contributed by atoms with Gasteiger partial charge in [0.2, 0.25) is 5.91 Å². The van der Waals surface area contributed by atoms with Gasteiger partial charge in [0.1, 0.15) is 0 Å². The molecular weight excluding hydrogens is 415 g/mol. The first-order valence-corrected chi connectivity index (χ1v) is 10.9. The molecule has 7 heteroatoms. The highest BCUT2D eigenvalue weighted by Crippen LogP contribution is 2.41. The lowest BCUT2D eigenvalue weighted by Crippen LogP contribution is -2.42. The number of benzene rings is 2. The number of fused-ring (bicyclic) bond motifs is 2. The summed E-state index contributed by atoms with van der Waals surface area (Å²) in [7, 11) is 0. The van der Waals surface area contributed by atoms with E-state index in [0.29, 0.717) is 19.4 Å². The molecule has 1 N–H and O–H groups in total. The second-order valence-corrected chi connectivity index (χ2v) is 8.71. The fourth-order valence-corrected chi connectivity index (χ4v) is 5.15. The summed E-state index contributed by atoms with van der Waals surface area (Å²) in [6.07, 6.45) is 0.319. The Bertz CT molecular complexity index is 1130. The number of nitrogens with one attached hydrogen (secondary N) is 1. The molecule has 32 heavy (non-hydrogen) atoms. The fraction of sp³-hybridized carbons (Fsp3) is 0.360. The monoisotopic (exact) mass is 439 g/mol. The zero-order valence-electron chi connectivity index (χ0n) is 17.5. The van der Waals surface area contributed by atoms with Gasteiger partial charge in [-0.3, -0.25) is 14.7 Å². The van der Waals surface area contributed by atoms with Crippen molar-refractivity contribution in [2.45, 2.75) is 56.5 Å². The number of hydrogen-bond donors (Lipinski definition) is 1. The van der Waals surface area contributed by atoms with Crippen LogP contribution in [0.4, 0.5) is 13.2 Å². The molecule has 2 aliphatic heterocycles. The highest BCUT2D eigenvalue weighted by molar-refractivity contribution is 5.79. The molecule has 2 aliphatic rings. The van der Waals surface area contributed by atoms with Crippen molar-refractivity contribution < 1.29 is 18.0 Å². The summed E-state index contributed by atoms with van der Waals surface area (Å²) in [5, 5.41) is 4.21. The number of hydrogen-bond acceptors (Lipinski definition) is 3. The molecule has 0 saturated carbocycles. The minimum atomic E-state index is -4.35. The molecule has 2 fully saturated rings. The van der Waals surface area contributed by atoms with Gasteiger partial charge < -0.3 is 5.32 Å². The minimum Gasteiger partial charge on any atom is -0.352 e. The Morgan fingerprint density at radius 2 is 1.91 bits per heavy atom. The average molecular weight is 439 g/mol. The molecule has 1 aromatic heterocycles. The molecule has 0 bridgehead atoms. The maximum atomic E-state index is 13.1. The van der Waals surface area contributed by atoms with Crippen LogP contribution < -0.4 is 5.32 Å². The third kappa shape index (κ3) is 4.09. The van der Waals surface area contributed by atoms with Gasteiger partial charge in [0.05, 0.1) is 11.1 Å². The number of carbonyl (C=O) groups excluding carboxylic acids is 1. The third-order valence-electron chi connectivity index (χ3n) is 6.67. The molecule has 1 amide bonds. The number of amides is 1. The van der Waals surface area contributed by atoms with Crippen molar-refractivity contribution in [2.24, 2.45) is 0 Å². The number of pyridine rings is 1. The first-order valence-electron chi connectivity index (χ1n) is 10.9. The summed E-state index contributed by atoms with van der Waals surface area (Å²) in [6.45, 7) is 0.660. The van der Waals surface area contributed by atoms with Crippen LogP contribution in [-0.2, 0) is 17.5 Å². The summed E-state index contributed by atoms with van der Waals surface area (Å²) in [6, 6.07) is 15.7. The molecule has 0 unspecified atom stereocenters. The van der Waals surface area contributed by atoms with Crippen LogP contribution in [0.2, 0.25) is 0 Å². The van der Waals surface area contributed by atoms with E-state index in [2.05, 4.69) is 27.3 Å². The lowest BCUT2D eigenvalue weighted by Gasteiger charge is -2.31. The maximum absolute atomic E-state index is 13.1. The number of aromatic nitrogens is 1. The molecule has 3 atom stereocenters. The second kappa shape index (κ2) is 8.20. The Morgan fingerprint density at radius 3 is 2.69 bits per heavy atom. The van der Waals surface area contributed by atoms with Gasteiger partial charge in [0.15, 0.2) is 0 Å². The number of alkyl halides is 3. The Labute approximate surface area is 184 Å². The van der Waals surface area contributed by atoms with Crippen LogP contribution in [0.3, 0.4) is 0 Å². The van der Waals surface area contributed by atoms with Crippen LogP contribution in [0, 0.1) is 0 Å².